The van der Waals surface area contributed by atoms with Gasteiger partial charge in [-0.1, -0.05) is 164 Å². The molecule has 0 radical (unpaired) electrons. The Balaban J connectivity index is 1.11. The summed E-state index contributed by atoms with van der Waals surface area (Å²) < 4.78 is 6.72. The summed E-state index contributed by atoms with van der Waals surface area (Å²) in [5.41, 5.74) is 13.5. The largest absolute Gasteiger partial charge is 0.456 e. The van der Waals surface area contributed by atoms with E-state index in [9.17, 15) is 0 Å². The molecule has 0 saturated heterocycles. The minimum Gasteiger partial charge on any atom is -0.456 e. The van der Waals surface area contributed by atoms with E-state index in [1.807, 2.05) is 42.5 Å². The molecule has 0 atom stereocenters. The van der Waals surface area contributed by atoms with Crippen LogP contribution < -0.4 is 0 Å². The third-order valence-corrected chi connectivity index (χ3v) is 11.2. The van der Waals surface area contributed by atoms with Crippen molar-refractivity contribution >= 4 is 21.9 Å². The second-order valence-corrected chi connectivity index (χ2v) is 14.4. The van der Waals surface area contributed by atoms with E-state index < -0.39 is 5.41 Å². The summed E-state index contributed by atoms with van der Waals surface area (Å²) in [4.78, 5) is 15.2. The highest BCUT2D eigenvalue weighted by Crippen LogP contribution is 2.57. The van der Waals surface area contributed by atoms with Crippen molar-refractivity contribution in [1.82, 2.24) is 15.0 Å². The molecule has 0 unspecified atom stereocenters. The molecular weight excluding hydrogens is 683 g/mol. The molecule has 0 N–H and O–H groups in total. The van der Waals surface area contributed by atoms with Crippen LogP contribution in [0.15, 0.2) is 205 Å². The van der Waals surface area contributed by atoms with Gasteiger partial charge in [-0.2, -0.15) is 0 Å². The van der Waals surface area contributed by atoms with E-state index in [1.165, 1.54) is 33.4 Å². The number of aromatic nitrogens is 3. The number of rotatable bonds is 6. The molecular formula is C52H33N3O. The van der Waals surface area contributed by atoms with Gasteiger partial charge < -0.3 is 4.42 Å². The lowest BCUT2D eigenvalue weighted by Crippen LogP contribution is -2.28. The van der Waals surface area contributed by atoms with Gasteiger partial charge in [-0.3, -0.25) is 0 Å². The fourth-order valence-electron chi connectivity index (χ4n) is 8.67. The van der Waals surface area contributed by atoms with E-state index in [0.29, 0.717) is 17.5 Å². The third-order valence-electron chi connectivity index (χ3n) is 11.2. The highest BCUT2D eigenvalue weighted by molar-refractivity contribution is 6.09. The molecule has 0 amide bonds. The van der Waals surface area contributed by atoms with Crippen LogP contribution in [0.1, 0.15) is 22.3 Å². The van der Waals surface area contributed by atoms with Crippen LogP contribution in [-0.4, -0.2) is 15.0 Å². The van der Waals surface area contributed by atoms with Crippen LogP contribution in [0.2, 0.25) is 0 Å². The molecule has 10 aromatic rings. The average molecular weight is 716 g/mol. The van der Waals surface area contributed by atoms with Crippen LogP contribution >= 0.6 is 0 Å². The van der Waals surface area contributed by atoms with E-state index in [4.69, 9.17) is 19.4 Å². The van der Waals surface area contributed by atoms with E-state index in [1.54, 1.807) is 0 Å². The fraction of sp³-hybridized carbons (Fsp3) is 0.0192. The first-order valence-corrected chi connectivity index (χ1v) is 18.9. The molecule has 4 nitrogen and oxygen atoms in total. The Kier molecular flexibility index (Phi) is 7.36. The predicted molar refractivity (Wildman–Crippen MR) is 226 cm³/mol. The lowest BCUT2D eigenvalue weighted by Gasteiger charge is -2.33. The maximum absolute atomic E-state index is 6.72. The van der Waals surface area contributed by atoms with Crippen molar-refractivity contribution in [2.45, 2.75) is 5.41 Å². The van der Waals surface area contributed by atoms with E-state index in [0.717, 1.165) is 49.8 Å². The van der Waals surface area contributed by atoms with Gasteiger partial charge >= 0.3 is 0 Å². The Morgan fingerprint density at radius 3 is 1.52 bits per heavy atom. The SMILES string of the molecule is c1ccc(-c2cccc(-c3nc(-c4ccccc4)nc(-c4ccc5oc6cc7c(cc6c5c4)-c4ccccc4C7(c4ccccc4)c4ccccc4)n3)c2)cc1. The van der Waals surface area contributed by atoms with Gasteiger partial charge in [-0.25, -0.2) is 15.0 Å². The number of fused-ring (bicyclic) bond motifs is 6. The molecule has 2 heterocycles. The monoisotopic (exact) mass is 715 g/mol. The Morgan fingerprint density at radius 1 is 0.321 bits per heavy atom. The number of hydrogen-bond donors (Lipinski definition) is 0. The number of hydrogen-bond acceptors (Lipinski definition) is 4. The number of furan rings is 1. The maximum atomic E-state index is 6.72. The van der Waals surface area contributed by atoms with Gasteiger partial charge in [0.25, 0.3) is 0 Å². The van der Waals surface area contributed by atoms with Crippen molar-refractivity contribution in [1.29, 1.82) is 0 Å². The molecule has 0 saturated carbocycles. The standard InChI is InChI=1S/C52H33N3O/c1-5-16-34(17-6-1)36-20-15-21-37(30-36)50-53-49(35-18-7-2-8-19-35)54-51(55-50)38-28-29-47-43(31-38)44-32-42-41-26-13-14-27-45(41)52(39-22-9-3-10-23-39,40-24-11-4-12-25-40)46(42)33-48(44)56-47/h1-33H. The van der Waals surface area contributed by atoms with Crippen molar-refractivity contribution in [3.63, 3.8) is 0 Å². The van der Waals surface area contributed by atoms with E-state index in [2.05, 4.69) is 158 Å². The zero-order valence-corrected chi connectivity index (χ0v) is 30.3. The molecule has 4 heteroatoms. The molecule has 1 aliphatic rings. The van der Waals surface area contributed by atoms with Crippen LogP contribution in [0, 0.1) is 0 Å². The summed E-state index contributed by atoms with van der Waals surface area (Å²) >= 11 is 0. The Labute approximate surface area is 324 Å². The van der Waals surface area contributed by atoms with Crippen LogP contribution in [0.25, 0.3) is 78.4 Å². The van der Waals surface area contributed by atoms with Crippen molar-refractivity contribution in [3.05, 3.63) is 222 Å². The molecule has 11 rings (SSSR count). The van der Waals surface area contributed by atoms with Crippen LogP contribution in [0.5, 0.6) is 0 Å². The Morgan fingerprint density at radius 2 is 0.839 bits per heavy atom. The first-order valence-electron chi connectivity index (χ1n) is 18.9. The van der Waals surface area contributed by atoms with Crippen LogP contribution in [-0.2, 0) is 5.41 Å². The highest BCUT2D eigenvalue weighted by Gasteiger charge is 2.46. The van der Waals surface area contributed by atoms with Gasteiger partial charge in [-0.05, 0) is 80.9 Å². The molecule has 262 valence electrons. The van der Waals surface area contributed by atoms with Gasteiger partial charge in [0.05, 0.1) is 5.41 Å². The van der Waals surface area contributed by atoms with Gasteiger partial charge in [0.15, 0.2) is 17.5 Å². The van der Waals surface area contributed by atoms with Crippen molar-refractivity contribution in [3.8, 4) is 56.4 Å². The smallest absolute Gasteiger partial charge is 0.164 e. The zero-order valence-electron chi connectivity index (χ0n) is 30.3. The topological polar surface area (TPSA) is 51.8 Å². The van der Waals surface area contributed by atoms with Gasteiger partial charge in [-0.15, -0.1) is 0 Å². The molecule has 0 spiro atoms. The first kappa shape index (κ1) is 32.0. The minimum absolute atomic E-state index is 0.500. The second kappa shape index (κ2) is 12.9. The lowest BCUT2D eigenvalue weighted by atomic mass is 9.67. The van der Waals surface area contributed by atoms with Gasteiger partial charge in [0, 0.05) is 27.5 Å². The Bertz CT molecular complexity index is 3030. The third kappa shape index (κ3) is 5.04. The van der Waals surface area contributed by atoms with Crippen LogP contribution in [0.4, 0.5) is 0 Å². The van der Waals surface area contributed by atoms with Gasteiger partial charge in [0.2, 0.25) is 0 Å². The van der Waals surface area contributed by atoms with Crippen molar-refractivity contribution < 1.29 is 4.42 Å². The van der Waals surface area contributed by atoms with E-state index in [-0.39, 0.29) is 0 Å². The summed E-state index contributed by atoms with van der Waals surface area (Å²) in [6.07, 6.45) is 0. The zero-order chi connectivity index (χ0) is 37.1. The summed E-state index contributed by atoms with van der Waals surface area (Å²) in [5.74, 6) is 1.85. The quantitative estimate of drug-likeness (QED) is 0.172. The van der Waals surface area contributed by atoms with E-state index >= 15 is 0 Å². The van der Waals surface area contributed by atoms with Gasteiger partial charge in [0.1, 0.15) is 11.2 Å². The summed E-state index contributed by atoms with van der Waals surface area (Å²) in [5, 5.41) is 2.07. The average Bonchev–Trinajstić information content (AvgIpc) is 3.79. The van der Waals surface area contributed by atoms with Crippen molar-refractivity contribution in [2.75, 3.05) is 0 Å². The molecule has 56 heavy (non-hydrogen) atoms. The molecule has 8 aromatic carbocycles. The van der Waals surface area contributed by atoms with Crippen LogP contribution in [0.3, 0.4) is 0 Å². The summed E-state index contributed by atoms with van der Waals surface area (Å²) in [6, 6.07) is 70.3. The lowest BCUT2D eigenvalue weighted by molar-refractivity contribution is 0.666. The molecule has 0 aliphatic heterocycles. The van der Waals surface area contributed by atoms with Crippen molar-refractivity contribution in [2.24, 2.45) is 0 Å². The number of benzene rings is 8. The normalized spacial score (nSPS) is 12.8. The molecule has 2 aromatic heterocycles. The second-order valence-electron chi connectivity index (χ2n) is 14.4. The first-order chi connectivity index (χ1) is 27.7. The number of nitrogens with zero attached hydrogens (tertiary/aromatic N) is 3. The maximum Gasteiger partial charge on any atom is 0.164 e. The summed E-state index contributed by atoms with van der Waals surface area (Å²) in [6.45, 7) is 0. The fourth-order valence-corrected chi connectivity index (χ4v) is 8.67. The molecule has 1 aliphatic carbocycles. The molecule has 0 fully saturated rings. The molecule has 0 bridgehead atoms. The predicted octanol–water partition coefficient (Wildman–Crippen LogP) is 12.8. The Hall–Kier alpha value is -7.43. The highest BCUT2D eigenvalue weighted by atomic mass is 16.3. The minimum atomic E-state index is -0.500. The summed E-state index contributed by atoms with van der Waals surface area (Å²) in [7, 11) is 0.